The largest absolute Gasteiger partial charge is 0.347 e. The molecule has 0 aromatic heterocycles. The molecule has 1 atom stereocenters. The fourth-order valence-electron chi connectivity index (χ4n) is 2.02. The van der Waals surface area contributed by atoms with Crippen molar-refractivity contribution in [2.75, 3.05) is 13.6 Å². The van der Waals surface area contributed by atoms with Crippen molar-refractivity contribution >= 4 is 11.8 Å². The van der Waals surface area contributed by atoms with Gasteiger partial charge < -0.3 is 10.2 Å². The van der Waals surface area contributed by atoms with E-state index in [9.17, 15) is 9.59 Å². The van der Waals surface area contributed by atoms with Crippen LogP contribution in [0.4, 0.5) is 0 Å². The van der Waals surface area contributed by atoms with Gasteiger partial charge in [-0.1, -0.05) is 17.7 Å². The zero-order valence-electron chi connectivity index (χ0n) is 10.1. The van der Waals surface area contributed by atoms with Crippen LogP contribution < -0.4 is 5.32 Å². The molecule has 4 nitrogen and oxygen atoms in total. The van der Waals surface area contributed by atoms with Crippen LogP contribution in [-0.2, 0) is 4.79 Å². The zero-order valence-corrected chi connectivity index (χ0v) is 10.1. The van der Waals surface area contributed by atoms with E-state index in [2.05, 4.69) is 5.32 Å². The van der Waals surface area contributed by atoms with Crippen molar-refractivity contribution in [3.63, 3.8) is 0 Å². The molecule has 1 N–H and O–H groups in total. The van der Waals surface area contributed by atoms with Gasteiger partial charge in [-0.05, 0) is 19.1 Å². The summed E-state index contributed by atoms with van der Waals surface area (Å²) < 4.78 is 0. The number of rotatable bonds is 2. The van der Waals surface area contributed by atoms with Crippen LogP contribution in [0, 0.1) is 6.92 Å². The van der Waals surface area contributed by atoms with Gasteiger partial charge in [-0.3, -0.25) is 9.59 Å². The minimum Gasteiger partial charge on any atom is -0.347 e. The highest BCUT2D eigenvalue weighted by molar-refractivity contribution is 5.95. The van der Waals surface area contributed by atoms with E-state index in [0.29, 0.717) is 18.5 Å². The molecule has 1 aromatic carbocycles. The van der Waals surface area contributed by atoms with Gasteiger partial charge in [0.05, 0.1) is 6.04 Å². The van der Waals surface area contributed by atoms with Gasteiger partial charge in [-0.15, -0.1) is 0 Å². The topological polar surface area (TPSA) is 49.4 Å². The summed E-state index contributed by atoms with van der Waals surface area (Å²) in [4.78, 5) is 24.9. The zero-order chi connectivity index (χ0) is 12.4. The predicted octanol–water partition coefficient (Wildman–Crippen LogP) is 0.956. The van der Waals surface area contributed by atoms with Crippen molar-refractivity contribution in [2.24, 2.45) is 0 Å². The monoisotopic (exact) mass is 232 g/mol. The van der Waals surface area contributed by atoms with Gasteiger partial charge in [0, 0.05) is 25.6 Å². The quantitative estimate of drug-likeness (QED) is 0.825. The number of aryl methyl sites for hydroxylation is 1. The minimum absolute atomic E-state index is 0.0690. The summed E-state index contributed by atoms with van der Waals surface area (Å²) in [6.07, 6.45) is 0.397. The number of carbonyl (C=O) groups excluding carboxylic acids is 2. The Labute approximate surface area is 101 Å². The maximum Gasteiger partial charge on any atom is 0.251 e. The molecule has 0 saturated carbocycles. The lowest BCUT2D eigenvalue weighted by molar-refractivity contribution is -0.126. The Bertz CT molecular complexity index is 456. The number of likely N-dealkylation sites (tertiary alicyclic amines) is 1. The van der Waals surface area contributed by atoms with E-state index >= 15 is 0 Å². The van der Waals surface area contributed by atoms with Gasteiger partial charge in [0.1, 0.15) is 0 Å². The molecule has 0 bridgehead atoms. The van der Waals surface area contributed by atoms with Crippen molar-refractivity contribution in [3.8, 4) is 0 Å². The van der Waals surface area contributed by atoms with E-state index in [1.165, 1.54) is 0 Å². The molecule has 1 aliphatic rings. The lowest BCUT2D eigenvalue weighted by atomic mass is 10.1. The first-order valence-corrected chi connectivity index (χ1v) is 5.68. The van der Waals surface area contributed by atoms with Gasteiger partial charge in [-0.2, -0.15) is 0 Å². The molecule has 1 fully saturated rings. The van der Waals surface area contributed by atoms with Gasteiger partial charge in [0.15, 0.2) is 0 Å². The highest BCUT2D eigenvalue weighted by atomic mass is 16.2. The van der Waals surface area contributed by atoms with Crippen LogP contribution in [0.2, 0.25) is 0 Å². The molecular formula is C13H16N2O2. The molecule has 0 aliphatic carbocycles. The number of carbonyl (C=O) groups is 2. The van der Waals surface area contributed by atoms with Crippen molar-refractivity contribution in [1.29, 1.82) is 0 Å². The highest BCUT2D eigenvalue weighted by Crippen LogP contribution is 2.10. The number of hydrogen-bond acceptors (Lipinski definition) is 2. The van der Waals surface area contributed by atoms with Crippen molar-refractivity contribution in [2.45, 2.75) is 19.4 Å². The van der Waals surface area contributed by atoms with E-state index in [1.54, 1.807) is 18.0 Å². The predicted molar refractivity (Wildman–Crippen MR) is 64.7 cm³/mol. The van der Waals surface area contributed by atoms with Crippen LogP contribution in [0.15, 0.2) is 24.3 Å². The van der Waals surface area contributed by atoms with E-state index in [0.717, 1.165) is 5.56 Å². The molecule has 2 amide bonds. The Hall–Kier alpha value is -1.84. The third kappa shape index (κ3) is 2.64. The highest BCUT2D eigenvalue weighted by Gasteiger charge is 2.27. The molecule has 0 spiro atoms. The number of likely N-dealkylation sites (N-methyl/N-ethyl adjacent to an activating group) is 1. The third-order valence-electron chi connectivity index (χ3n) is 2.96. The Morgan fingerprint density at radius 2 is 2.24 bits per heavy atom. The fourth-order valence-corrected chi connectivity index (χ4v) is 2.02. The van der Waals surface area contributed by atoms with Crippen molar-refractivity contribution in [3.05, 3.63) is 35.4 Å². The van der Waals surface area contributed by atoms with E-state index in [4.69, 9.17) is 0 Å². The molecular weight excluding hydrogens is 216 g/mol. The number of nitrogens with zero attached hydrogens (tertiary/aromatic N) is 1. The lowest BCUT2D eigenvalue weighted by Crippen LogP contribution is -2.36. The van der Waals surface area contributed by atoms with Crippen LogP contribution in [0.3, 0.4) is 0 Å². The van der Waals surface area contributed by atoms with Crippen LogP contribution in [0.1, 0.15) is 22.3 Å². The molecule has 1 saturated heterocycles. The van der Waals surface area contributed by atoms with Crippen LogP contribution >= 0.6 is 0 Å². The summed E-state index contributed by atoms with van der Waals surface area (Å²) in [7, 11) is 1.75. The summed E-state index contributed by atoms with van der Waals surface area (Å²) in [6.45, 7) is 2.54. The Morgan fingerprint density at radius 3 is 2.82 bits per heavy atom. The molecule has 1 aliphatic heterocycles. The minimum atomic E-state index is -0.109. The summed E-state index contributed by atoms with van der Waals surface area (Å²) in [5.41, 5.74) is 1.70. The molecule has 17 heavy (non-hydrogen) atoms. The number of amides is 2. The van der Waals surface area contributed by atoms with Gasteiger partial charge in [0.25, 0.3) is 5.91 Å². The average molecular weight is 232 g/mol. The van der Waals surface area contributed by atoms with E-state index in [-0.39, 0.29) is 17.9 Å². The molecule has 90 valence electrons. The van der Waals surface area contributed by atoms with Gasteiger partial charge in [0.2, 0.25) is 5.91 Å². The summed E-state index contributed by atoms with van der Waals surface area (Å²) >= 11 is 0. The molecule has 0 radical (unpaired) electrons. The van der Waals surface area contributed by atoms with E-state index in [1.807, 2.05) is 25.1 Å². The van der Waals surface area contributed by atoms with Gasteiger partial charge >= 0.3 is 0 Å². The number of benzene rings is 1. The number of nitrogens with one attached hydrogen (secondary N) is 1. The normalized spacial score (nSPS) is 19.5. The molecule has 1 heterocycles. The van der Waals surface area contributed by atoms with E-state index < -0.39 is 0 Å². The smallest absolute Gasteiger partial charge is 0.251 e. The second-order valence-corrected chi connectivity index (χ2v) is 4.52. The standard InChI is InChI=1S/C13H16N2O2/c1-9-4-3-5-10(6-9)13(17)14-11-7-12(16)15(2)8-11/h3-6,11H,7-8H2,1-2H3,(H,14,17). The first-order valence-electron chi connectivity index (χ1n) is 5.68. The van der Waals surface area contributed by atoms with Crippen molar-refractivity contribution in [1.82, 2.24) is 10.2 Å². The Balaban J connectivity index is 2.01. The second kappa shape index (κ2) is 4.57. The summed E-state index contributed by atoms with van der Waals surface area (Å²) in [6, 6.07) is 7.36. The maximum absolute atomic E-state index is 11.9. The second-order valence-electron chi connectivity index (χ2n) is 4.52. The average Bonchev–Trinajstić information content (AvgIpc) is 2.58. The SMILES string of the molecule is Cc1cccc(C(=O)NC2CC(=O)N(C)C2)c1. The molecule has 4 heteroatoms. The third-order valence-corrected chi connectivity index (χ3v) is 2.96. The Kier molecular flexibility index (Phi) is 3.13. The van der Waals surface area contributed by atoms with Crippen LogP contribution in [0.25, 0.3) is 0 Å². The first-order chi connectivity index (χ1) is 8.06. The lowest BCUT2D eigenvalue weighted by Gasteiger charge is -2.12. The summed E-state index contributed by atoms with van der Waals surface area (Å²) in [5.74, 6) is -0.0265. The Morgan fingerprint density at radius 1 is 1.47 bits per heavy atom. The molecule has 1 unspecified atom stereocenters. The van der Waals surface area contributed by atoms with Crippen LogP contribution in [-0.4, -0.2) is 36.3 Å². The first kappa shape index (κ1) is 11.6. The van der Waals surface area contributed by atoms with Crippen LogP contribution in [0.5, 0.6) is 0 Å². The number of hydrogen-bond donors (Lipinski definition) is 1. The summed E-state index contributed by atoms with van der Waals surface area (Å²) in [5, 5.41) is 2.88. The molecule has 2 rings (SSSR count). The van der Waals surface area contributed by atoms with Crippen molar-refractivity contribution < 1.29 is 9.59 Å². The molecule has 1 aromatic rings. The maximum atomic E-state index is 11.9. The fraction of sp³-hybridized carbons (Fsp3) is 0.385. The van der Waals surface area contributed by atoms with Gasteiger partial charge in [-0.25, -0.2) is 0 Å².